The number of hydrazine groups is 1. The van der Waals surface area contributed by atoms with Crippen molar-refractivity contribution < 1.29 is 18.8 Å². The Balaban J connectivity index is 1.44. The van der Waals surface area contributed by atoms with Gasteiger partial charge in [0.2, 0.25) is 0 Å². The average molecular weight is 418 g/mol. The third-order valence-electron chi connectivity index (χ3n) is 5.21. The number of carbonyl (C=O) groups is 3. The van der Waals surface area contributed by atoms with E-state index in [0.29, 0.717) is 11.3 Å². The van der Waals surface area contributed by atoms with Crippen molar-refractivity contribution in [1.29, 1.82) is 0 Å². The van der Waals surface area contributed by atoms with Crippen LogP contribution >= 0.6 is 0 Å². The predicted molar refractivity (Wildman–Crippen MR) is 112 cm³/mol. The maximum atomic E-state index is 12.9. The third-order valence-corrected chi connectivity index (χ3v) is 5.21. The monoisotopic (exact) mass is 418 g/mol. The fourth-order valence-electron chi connectivity index (χ4n) is 3.55. The number of hydrogen-bond acceptors (Lipinski definition) is 5. The van der Waals surface area contributed by atoms with E-state index in [-0.39, 0.29) is 12.6 Å². The number of nitrogens with zero attached hydrogens (tertiary/aromatic N) is 1. The molecule has 1 aliphatic rings. The summed E-state index contributed by atoms with van der Waals surface area (Å²) in [4.78, 5) is 37.9. The molecule has 31 heavy (non-hydrogen) atoms. The van der Waals surface area contributed by atoms with Gasteiger partial charge in [0.1, 0.15) is 11.3 Å². The molecule has 0 bridgehead atoms. The zero-order chi connectivity index (χ0) is 21.8. The van der Waals surface area contributed by atoms with E-state index >= 15 is 0 Å². The van der Waals surface area contributed by atoms with Crippen molar-refractivity contribution in [2.24, 2.45) is 0 Å². The number of nitrogens with one attached hydrogen (secondary N) is 3. The largest absolute Gasteiger partial charge is 0.467 e. The maximum absolute atomic E-state index is 12.9. The van der Waals surface area contributed by atoms with Crippen LogP contribution in [0.15, 0.2) is 83.5 Å². The molecule has 4 amide bonds. The first-order chi connectivity index (χ1) is 15.0. The van der Waals surface area contributed by atoms with Crippen LogP contribution in [-0.2, 0) is 15.1 Å². The molecule has 0 unspecified atom stereocenters. The number of benzene rings is 2. The van der Waals surface area contributed by atoms with Crippen LogP contribution < -0.4 is 16.1 Å². The molecule has 0 saturated carbocycles. The lowest BCUT2D eigenvalue weighted by molar-refractivity contribution is -0.138. The summed E-state index contributed by atoms with van der Waals surface area (Å²) in [6.07, 6.45) is 1.56. The molecule has 1 aromatic heterocycles. The highest BCUT2D eigenvalue weighted by atomic mass is 16.3. The molecule has 0 spiro atoms. The van der Waals surface area contributed by atoms with Crippen molar-refractivity contribution >= 4 is 17.8 Å². The molecule has 4 rings (SSSR count). The van der Waals surface area contributed by atoms with Crippen LogP contribution in [0.1, 0.15) is 29.9 Å². The Hall–Kier alpha value is -3.91. The summed E-state index contributed by atoms with van der Waals surface area (Å²) in [6, 6.07) is 20.9. The second kappa shape index (κ2) is 8.45. The van der Waals surface area contributed by atoms with Gasteiger partial charge in [0.15, 0.2) is 0 Å². The molecule has 2 aromatic carbocycles. The Morgan fingerprint density at radius 3 is 2.35 bits per heavy atom. The highest BCUT2D eigenvalue weighted by molar-refractivity contribution is 6.08. The van der Waals surface area contributed by atoms with Gasteiger partial charge in [-0.05, 0) is 30.2 Å². The molecule has 8 nitrogen and oxygen atoms in total. The minimum Gasteiger partial charge on any atom is -0.467 e. The first-order valence-electron chi connectivity index (χ1n) is 9.82. The molecule has 158 valence electrons. The van der Waals surface area contributed by atoms with Gasteiger partial charge in [-0.1, -0.05) is 60.7 Å². The minimum absolute atomic E-state index is 0.140. The van der Waals surface area contributed by atoms with Gasteiger partial charge in [-0.2, -0.15) is 5.01 Å². The summed E-state index contributed by atoms with van der Waals surface area (Å²) in [6.45, 7) is 1.47. The van der Waals surface area contributed by atoms with Crippen molar-refractivity contribution in [2.75, 3.05) is 6.54 Å². The van der Waals surface area contributed by atoms with Crippen LogP contribution in [0.25, 0.3) is 0 Å². The summed E-state index contributed by atoms with van der Waals surface area (Å²) in [5.74, 6) is -0.443. The molecule has 8 heteroatoms. The Morgan fingerprint density at radius 1 is 1.03 bits per heavy atom. The summed E-state index contributed by atoms with van der Waals surface area (Å²) in [5.41, 5.74) is 2.69. The van der Waals surface area contributed by atoms with Gasteiger partial charge in [-0.3, -0.25) is 20.3 Å². The Morgan fingerprint density at radius 2 is 1.71 bits per heavy atom. The Bertz CT molecular complexity index is 1070. The highest BCUT2D eigenvalue weighted by Gasteiger charge is 2.49. The molecule has 2 atom stereocenters. The number of hydrogen-bond donors (Lipinski definition) is 3. The second-order valence-corrected chi connectivity index (χ2v) is 7.34. The molecule has 1 saturated heterocycles. The van der Waals surface area contributed by atoms with E-state index in [1.54, 1.807) is 43.5 Å². The first kappa shape index (κ1) is 20.4. The molecular formula is C23H22N4O4. The molecule has 3 aromatic rings. The van der Waals surface area contributed by atoms with Crippen LogP contribution in [0.5, 0.6) is 0 Å². The van der Waals surface area contributed by atoms with E-state index in [1.165, 1.54) is 0 Å². The van der Waals surface area contributed by atoms with Crippen LogP contribution in [-0.4, -0.2) is 29.4 Å². The van der Waals surface area contributed by atoms with Gasteiger partial charge in [0, 0.05) is 0 Å². The Kier molecular flexibility index (Phi) is 5.55. The standard InChI is InChI=1S/C23H22N4O4/c1-23(17-11-6-3-7-12-17)21(29)27(22(30)25-23)26-19(28)15-24-20(18-13-8-14-31-18)16-9-4-2-5-10-16/h2-14,20,24H,15H2,1H3,(H,25,30)(H,26,28)/t20-,23+/m1/s1. The van der Waals surface area contributed by atoms with Crippen LogP contribution in [0.3, 0.4) is 0 Å². The van der Waals surface area contributed by atoms with Gasteiger partial charge < -0.3 is 9.73 Å². The lowest BCUT2D eigenvalue weighted by Gasteiger charge is -2.22. The number of amides is 4. The van der Waals surface area contributed by atoms with Gasteiger partial charge in [-0.15, -0.1) is 0 Å². The normalized spacial score (nSPS) is 19.2. The van der Waals surface area contributed by atoms with E-state index in [1.807, 2.05) is 42.5 Å². The zero-order valence-electron chi connectivity index (χ0n) is 16.9. The van der Waals surface area contributed by atoms with Crippen molar-refractivity contribution in [3.05, 3.63) is 95.9 Å². The highest BCUT2D eigenvalue weighted by Crippen LogP contribution is 2.27. The minimum atomic E-state index is -1.25. The maximum Gasteiger partial charge on any atom is 0.344 e. The predicted octanol–water partition coefficient (Wildman–Crippen LogP) is 2.46. The van der Waals surface area contributed by atoms with Crippen LogP contribution in [0.4, 0.5) is 4.79 Å². The second-order valence-electron chi connectivity index (χ2n) is 7.34. The zero-order valence-corrected chi connectivity index (χ0v) is 16.9. The van der Waals surface area contributed by atoms with E-state index in [4.69, 9.17) is 4.42 Å². The van der Waals surface area contributed by atoms with Crippen LogP contribution in [0.2, 0.25) is 0 Å². The summed E-state index contributed by atoms with van der Waals surface area (Å²) >= 11 is 0. The fourth-order valence-corrected chi connectivity index (χ4v) is 3.55. The van der Waals surface area contributed by atoms with Gasteiger partial charge >= 0.3 is 6.03 Å². The smallest absolute Gasteiger partial charge is 0.344 e. The van der Waals surface area contributed by atoms with Gasteiger partial charge in [-0.25, -0.2) is 4.79 Å². The number of imide groups is 1. The van der Waals surface area contributed by atoms with Crippen molar-refractivity contribution in [1.82, 2.24) is 21.1 Å². The van der Waals surface area contributed by atoms with E-state index < -0.39 is 23.4 Å². The lowest BCUT2D eigenvalue weighted by atomic mass is 9.92. The average Bonchev–Trinajstić information content (AvgIpc) is 3.39. The molecular weight excluding hydrogens is 396 g/mol. The molecule has 1 fully saturated rings. The SMILES string of the molecule is C[C@@]1(c2ccccc2)NC(=O)N(NC(=O)CN[C@H](c2ccccc2)c2ccco2)C1=O. The number of furan rings is 1. The van der Waals surface area contributed by atoms with E-state index in [2.05, 4.69) is 16.1 Å². The quantitative estimate of drug-likeness (QED) is 0.512. The summed E-state index contributed by atoms with van der Waals surface area (Å²) in [7, 11) is 0. The van der Waals surface area contributed by atoms with Crippen molar-refractivity contribution in [3.8, 4) is 0 Å². The molecule has 2 heterocycles. The lowest BCUT2D eigenvalue weighted by Crippen LogP contribution is -2.50. The first-order valence-corrected chi connectivity index (χ1v) is 9.82. The third kappa shape index (κ3) is 4.06. The number of urea groups is 1. The van der Waals surface area contributed by atoms with Crippen molar-refractivity contribution in [3.63, 3.8) is 0 Å². The van der Waals surface area contributed by atoms with Gasteiger partial charge in [0.05, 0.1) is 18.8 Å². The molecule has 0 aliphatic carbocycles. The van der Waals surface area contributed by atoms with Crippen LogP contribution in [0, 0.1) is 0 Å². The fraction of sp³-hybridized carbons (Fsp3) is 0.174. The summed E-state index contributed by atoms with van der Waals surface area (Å²) in [5, 5.41) is 6.49. The van der Waals surface area contributed by atoms with Gasteiger partial charge in [0.25, 0.3) is 11.8 Å². The van der Waals surface area contributed by atoms with E-state index in [0.717, 1.165) is 10.6 Å². The molecule has 0 radical (unpaired) electrons. The number of rotatable bonds is 7. The molecule has 3 N–H and O–H groups in total. The summed E-state index contributed by atoms with van der Waals surface area (Å²) < 4.78 is 5.50. The van der Waals surface area contributed by atoms with Crippen molar-refractivity contribution in [2.45, 2.75) is 18.5 Å². The molecule has 1 aliphatic heterocycles. The van der Waals surface area contributed by atoms with E-state index in [9.17, 15) is 14.4 Å². The number of carbonyl (C=O) groups excluding carboxylic acids is 3. The Labute approximate surface area is 179 Å². The topological polar surface area (TPSA) is 104 Å².